The van der Waals surface area contributed by atoms with Gasteiger partial charge in [0.15, 0.2) is 0 Å². The highest BCUT2D eigenvalue weighted by Crippen LogP contribution is 2.13. The van der Waals surface area contributed by atoms with Gasteiger partial charge in [0.25, 0.3) is 0 Å². The van der Waals surface area contributed by atoms with Crippen molar-refractivity contribution in [3.05, 3.63) is 24.3 Å². The molecule has 0 saturated carbocycles. The van der Waals surface area contributed by atoms with E-state index < -0.39 is 0 Å². The molecule has 0 aliphatic heterocycles. The van der Waals surface area contributed by atoms with E-state index in [1.165, 1.54) is 6.92 Å². The molecule has 0 unspecified atom stereocenters. The van der Waals surface area contributed by atoms with Crippen molar-refractivity contribution in [1.82, 2.24) is 0 Å². The van der Waals surface area contributed by atoms with Crippen LogP contribution in [0.25, 0.3) is 0 Å². The van der Waals surface area contributed by atoms with Gasteiger partial charge < -0.3 is 0 Å². The molecule has 0 heterocycles. The second-order valence-corrected chi connectivity index (χ2v) is 4.01. The van der Waals surface area contributed by atoms with Crippen LogP contribution in [0.2, 0.25) is 0 Å². The van der Waals surface area contributed by atoms with Crippen LogP contribution < -0.4 is 0 Å². The first-order valence-electron chi connectivity index (χ1n) is 5.28. The van der Waals surface area contributed by atoms with E-state index in [2.05, 4.69) is 13.2 Å². The molecule has 0 radical (unpaired) electrons. The molecule has 0 amide bonds. The van der Waals surface area contributed by atoms with Crippen molar-refractivity contribution in [2.45, 2.75) is 46.0 Å². The number of rotatable bonds is 8. The van der Waals surface area contributed by atoms with Gasteiger partial charge >= 0.3 is 0 Å². The number of hydrogen-bond acceptors (Lipinski definition) is 2. The Balaban J connectivity index is 3.55. The summed E-state index contributed by atoms with van der Waals surface area (Å²) in [6, 6.07) is 0. The number of carbonyl (C=O) groups excluding carboxylic acids is 2. The number of allylic oxidation sites excluding steroid dienone is 2. The lowest BCUT2D eigenvalue weighted by atomic mass is 10.0. The molecule has 0 saturated heterocycles. The molecule has 0 bridgehead atoms. The highest BCUT2D eigenvalue weighted by molar-refractivity contribution is 5.97. The van der Waals surface area contributed by atoms with Gasteiger partial charge in [-0.3, -0.25) is 9.59 Å². The molecular formula is C13H20O2. The Hall–Kier alpha value is -1.18. The van der Waals surface area contributed by atoms with Gasteiger partial charge in [0, 0.05) is 6.42 Å². The van der Waals surface area contributed by atoms with Crippen LogP contribution in [0.4, 0.5) is 0 Å². The molecular weight excluding hydrogens is 188 g/mol. The Morgan fingerprint density at radius 2 is 1.53 bits per heavy atom. The Bertz CT molecular complexity index is 274. The van der Waals surface area contributed by atoms with Gasteiger partial charge in [0.05, 0.1) is 6.42 Å². The van der Waals surface area contributed by atoms with E-state index in [1.807, 2.05) is 6.92 Å². The van der Waals surface area contributed by atoms with E-state index in [1.54, 1.807) is 0 Å². The van der Waals surface area contributed by atoms with E-state index in [0.717, 1.165) is 30.4 Å². The van der Waals surface area contributed by atoms with E-state index in [9.17, 15) is 9.59 Å². The minimum Gasteiger partial charge on any atom is -0.300 e. The second-order valence-electron chi connectivity index (χ2n) is 4.01. The number of carbonyl (C=O) groups is 2. The van der Waals surface area contributed by atoms with Crippen LogP contribution in [-0.4, -0.2) is 11.6 Å². The van der Waals surface area contributed by atoms with Crippen molar-refractivity contribution in [3.8, 4) is 0 Å². The molecule has 0 aromatic heterocycles. The van der Waals surface area contributed by atoms with Gasteiger partial charge in [-0.25, -0.2) is 0 Å². The molecule has 2 nitrogen and oxygen atoms in total. The molecule has 0 aromatic carbocycles. The fourth-order valence-electron chi connectivity index (χ4n) is 1.24. The fraction of sp³-hybridized carbons (Fsp3) is 0.538. The fourth-order valence-corrected chi connectivity index (χ4v) is 1.24. The number of hydrogen-bond donors (Lipinski definition) is 0. The molecule has 0 aromatic rings. The SMILES string of the molecule is C=C(C)C(=C)CCCCC(=O)CC(C)=O. The summed E-state index contributed by atoms with van der Waals surface area (Å²) >= 11 is 0. The summed E-state index contributed by atoms with van der Waals surface area (Å²) in [6.45, 7) is 11.1. The van der Waals surface area contributed by atoms with Gasteiger partial charge in [-0.1, -0.05) is 24.3 Å². The molecule has 15 heavy (non-hydrogen) atoms. The van der Waals surface area contributed by atoms with Crippen molar-refractivity contribution < 1.29 is 9.59 Å². The smallest absolute Gasteiger partial charge is 0.140 e. The predicted molar refractivity (Wildman–Crippen MR) is 62.7 cm³/mol. The van der Waals surface area contributed by atoms with Crippen LogP contribution in [0.5, 0.6) is 0 Å². The summed E-state index contributed by atoms with van der Waals surface area (Å²) < 4.78 is 0. The van der Waals surface area contributed by atoms with Gasteiger partial charge in [-0.05, 0) is 33.1 Å². The lowest BCUT2D eigenvalue weighted by Gasteiger charge is -2.03. The molecule has 0 spiro atoms. The summed E-state index contributed by atoms with van der Waals surface area (Å²) in [6.07, 6.45) is 3.25. The highest BCUT2D eigenvalue weighted by atomic mass is 16.1. The lowest BCUT2D eigenvalue weighted by Crippen LogP contribution is -2.03. The minimum atomic E-state index is -0.0497. The van der Waals surface area contributed by atoms with Gasteiger partial charge in [0.1, 0.15) is 11.6 Å². The molecule has 0 aliphatic carbocycles. The average Bonchev–Trinajstić information content (AvgIpc) is 2.10. The molecule has 0 fully saturated rings. The van der Waals surface area contributed by atoms with Gasteiger partial charge in [-0.15, -0.1) is 0 Å². The molecule has 0 rings (SSSR count). The topological polar surface area (TPSA) is 34.1 Å². The molecule has 0 atom stereocenters. The standard InChI is InChI=1S/C13H20O2/c1-10(2)11(3)7-5-6-8-13(15)9-12(4)14/h1,3,5-9H2,2,4H3. The van der Waals surface area contributed by atoms with Crippen LogP contribution in [0.3, 0.4) is 0 Å². The molecule has 0 aliphatic rings. The normalized spacial score (nSPS) is 9.73. The van der Waals surface area contributed by atoms with E-state index in [0.29, 0.717) is 6.42 Å². The zero-order valence-electron chi connectivity index (χ0n) is 9.77. The monoisotopic (exact) mass is 208 g/mol. The van der Waals surface area contributed by atoms with E-state index >= 15 is 0 Å². The highest BCUT2D eigenvalue weighted by Gasteiger charge is 2.04. The quantitative estimate of drug-likeness (QED) is 0.348. The summed E-state index contributed by atoms with van der Waals surface area (Å²) in [7, 11) is 0. The van der Waals surface area contributed by atoms with E-state index in [-0.39, 0.29) is 18.0 Å². The predicted octanol–water partition coefficient (Wildman–Crippen LogP) is 3.23. The van der Waals surface area contributed by atoms with Crippen molar-refractivity contribution in [2.75, 3.05) is 0 Å². The maximum absolute atomic E-state index is 11.2. The zero-order valence-corrected chi connectivity index (χ0v) is 9.77. The Morgan fingerprint density at radius 3 is 2.00 bits per heavy atom. The van der Waals surface area contributed by atoms with Crippen molar-refractivity contribution >= 4 is 11.6 Å². The Labute approximate surface area is 92.1 Å². The molecule has 84 valence electrons. The third-order valence-electron chi connectivity index (χ3n) is 2.23. The van der Waals surface area contributed by atoms with Crippen LogP contribution in [-0.2, 0) is 9.59 Å². The van der Waals surface area contributed by atoms with Crippen LogP contribution in [0.1, 0.15) is 46.0 Å². The summed E-state index contributed by atoms with van der Waals surface area (Å²) in [5.41, 5.74) is 2.05. The van der Waals surface area contributed by atoms with Crippen LogP contribution in [0, 0.1) is 0 Å². The third-order valence-corrected chi connectivity index (χ3v) is 2.23. The first kappa shape index (κ1) is 13.8. The van der Waals surface area contributed by atoms with Crippen LogP contribution in [0.15, 0.2) is 24.3 Å². The maximum atomic E-state index is 11.2. The summed E-state index contributed by atoms with van der Waals surface area (Å²) in [5, 5.41) is 0. The Morgan fingerprint density at radius 1 is 1.00 bits per heavy atom. The van der Waals surface area contributed by atoms with Crippen molar-refractivity contribution in [3.63, 3.8) is 0 Å². The summed E-state index contributed by atoms with van der Waals surface area (Å²) in [4.78, 5) is 21.8. The van der Waals surface area contributed by atoms with Crippen molar-refractivity contribution in [1.29, 1.82) is 0 Å². The van der Waals surface area contributed by atoms with E-state index in [4.69, 9.17) is 0 Å². The largest absolute Gasteiger partial charge is 0.300 e. The second kappa shape index (κ2) is 7.16. The summed E-state index contributed by atoms with van der Waals surface area (Å²) in [5.74, 6) is -0.00483. The van der Waals surface area contributed by atoms with Crippen molar-refractivity contribution in [2.24, 2.45) is 0 Å². The zero-order chi connectivity index (χ0) is 11.8. The number of ketones is 2. The Kier molecular flexibility index (Phi) is 6.59. The first-order chi connectivity index (χ1) is 6.93. The maximum Gasteiger partial charge on any atom is 0.140 e. The lowest BCUT2D eigenvalue weighted by molar-refractivity contribution is -0.125. The average molecular weight is 208 g/mol. The van der Waals surface area contributed by atoms with Crippen LogP contribution >= 0.6 is 0 Å². The third kappa shape index (κ3) is 7.86. The number of unbranched alkanes of at least 4 members (excludes halogenated alkanes) is 1. The minimum absolute atomic E-state index is 0.0448. The van der Waals surface area contributed by atoms with Gasteiger partial charge in [0.2, 0.25) is 0 Å². The molecule has 0 N–H and O–H groups in total. The molecule has 2 heteroatoms. The van der Waals surface area contributed by atoms with Gasteiger partial charge in [-0.2, -0.15) is 0 Å². The first-order valence-corrected chi connectivity index (χ1v) is 5.28. The number of Topliss-reactive ketones (excluding diaryl/α,β-unsaturated/α-hetero) is 2.